The van der Waals surface area contributed by atoms with Crippen molar-refractivity contribution < 1.29 is 27.5 Å². The first-order valence-electron chi connectivity index (χ1n) is 10.2. The standard InChI is InChI=1S/C24H24ClF3N2O3/c1-23(2,3)33-21(31)11-5-15-4-6-17(14-29)20(12-15)30-22(32)19(13-24(26,27)28)16-7-9-18(25)10-8-16/h4,6-10,12,19H,5,11,13H2,1-3H3,(H,30,32)/t19-/m0/s1. The second kappa shape index (κ2) is 10.7. The highest BCUT2D eigenvalue weighted by Gasteiger charge is 2.36. The highest BCUT2D eigenvalue weighted by molar-refractivity contribution is 6.30. The number of alkyl halides is 3. The van der Waals surface area contributed by atoms with Crippen LogP contribution < -0.4 is 5.32 Å². The van der Waals surface area contributed by atoms with Gasteiger partial charge in [-0.05, 0) is 62.6 Å². The van der Waals surface area contributed by atoms with Gasteiger partial charge in [-0.25, -0.2) is 0 Å². The lowest BCUT2D eigenvalue weighted by Gasteiger charge is -2.20. The van der Waals surface area contributed by atoms with Crippen LogP contribution in [0.1, 0.15) is 56.2 Å². The first-order chi connectivity index (χ1) is 15.3. The second-order valence-corrected chi connectivity index (χ2v) is 8.93. The van der Waals surface area contributed by atoms with Crippen LogP contribution >= 0.6 is 11.6 Å². The van der Waals surface area contributed by atoms with Crippen molar-refractivity contribution in [2.45, 2.75) is 57.7 Å². The van der Waals surface area contributed by atoms with Crippen LogP contribution in [0.2, 0.25) is 5.02 Å². The predicted octanol–water partition coefficient (Wildman–Crippen LogP) is 6.16. The zero-order valence-electron chi connectivity index (χ0n) is 18.4. The molecule has 0 saturated carbocycles. The number of nitriles is 1. The van der Waals surface area contributed by atoms with Gasteiger partial charge in [-0.3, -0.25) is 9.59 Å². The third-order valence-electron chi connectivity index (χ3n) is 4.52. The lowest BCUT2D eigenvalue weighted by atomic mass is 9.94. The van der Waals surface area contributed by atoms with Crippen LogP contribution in [-0.4, -0.2) is 23.7 Å². The minimum Gasteiger partial charge on any atom is -0.460 e. The monoisotopic (exact) mass is 480 g/mol. The molecular weight excluding hydrogens is 457 g/mol. The number of ether oxygens (including phenoxy) is 1. The van der Waals surface area contributed by atoms with Gasteiger partial charge in [0.15, 0.2) is 0 Å². The Kier molecular flexibility index (Phi) is 8.51. The largest absolute Gasteiger partial charge is 0.460 e. The van der Waals surface area contributed by atoms with Crippen LogP contribution in [0.25, 0.3) is 0 Å². The summed E-state index contributed by atoms with van der Waals surface area (Å²) >= 11 is 5.81. The van der Waals surface area contributed by atoms with Gasteiger partial charge in [0, 0.05) is 11.4 Å². The van der Waals surface area contributed by atoms with Crippen molar-refractivity contribution in [2.24, 2.45) is 0 Å². The number of carbonyl (C=O) groups excluding carboxylic acids is 2. The smallest absolute Gasteiger partial charge is 0.390 e. The van der Waals surface area contributed by atoms with E-state index in [0.717, 1.165) is 0 Å². The third kappa shape index (κ3) is 8.78. The number of hydrogen-bond acceptors (Lipinski definition) is 4. The first-order valence-corrected chi connectivity index (χ1v) is 10.5. The van der Waals surface area contributed by atoms with Crippen molar-refractivity contribution >= 4 is 29.2 Å². The van der Waals surface area contributed by atoms with Gasteiger partial charge in [0.25, 0.3) is 0 Å². The van der Waals surface area contributed by atoms with Crippen LogP contribution in [0.3, 0.4) is 0 Å². The normalized spacial score (nSPS) is 12.5. The maximum absolute atomic E-state index is 13.2. The molecule has 0 spiro atoms. The van der Waals surface area contributed by atoms with Crippen LogP contribution in [0.5, 0.6) is 0 Å². The van der Waals surface area contributed by atoms with E-state index in [1.165, 1.54) is 36.4 Å². The fraction of sp³-hybridized carbons (Fsp3) is 0.375. The van der Waals surface area contributed by atoms with Crippen molar-refractivity contribution in [3.05, 3.63) is 64.2 Å². The van der Waals surface area contributed by atoms with E-state index in [-0.39, 0.29) is 29.7 Å². The summed E-state index contributed by atoms with van der Waals surface area (Å²) in [4.78, 5) is 24.8. The Morgan fingerprint density at radius 3 is 2.30 bits per heavy atom. The van der Waals surface area contributed by atoms with Crippen LogP contribution in [0.15, 0.2) is 42.5 Å². The summed E-state index contributed by atoms with van der Waals surface area (Å²) in [5.41, 5.74) is 0.301. The van der Waals surface area contributed by atoms with Gasteiger partial charge >= 0.3 is 12.1 Å². The molecule has 0 radical (unpaired) electrons. The summed E-state index contributed by atoms with van der Waals surface area (Å²) in [6.07, 6.45) is -5.62. The number of anilines is 1. The van der Waals surface area contributed by atoms with E-state index in [0.29, 0.717) is 10.6 Å². The molecule has 0 saturated heterocycles. The number of esters is 1. The van der Waals surface area contributed by atoms with Gasteiger partial charge in [0.2, 0.25) is 5.91 Å². The van der Waals surface area contributed by atoms with Crippen LogP contribution in [0, 0.1) is 11.3 Å². The molecule has 0 heterocycles. The van der Waals surface area contributed by atoms with Gasteiger partial charge in [0.05, 0.1) is 23.6 Å². The molecular formula is C24H24ClF3N2O3. The molecule has 2 aromatic rings. The molecule has 5 nitrogen and oxygen atoms in total. The van der Waals surface area contributed by atoms with Crippen molar-refractivity contribution in [1.82, 2.24) is 0 Å². The molecule has 0 aliphatic carbocycles. The number of halogens is 4. The van der Waals surface area contributed by atoms with Crippen molar-refractivity contribution in [3.8, 4) is 6.07 Å². The van der Waals surface area contributed by atoms with Crippen molar-refractivity contribution in [3.63, 3.8) is 0 Å². The topological polar surface area (TPSA) is 79.2 Å². The Hall–Kier alpha value is -3.05. The maximum Gasteiger partial charge on any atom is 0.390 e. The Morgan fingerprint density at radius 2 is 1.76 bits per heavy atom. The number of rotatable bonds is 7. The first kappa shape index (κ1) is 26.2. The summed E-state index contributed by atoms with van der Waals surface area (Å²) in [5.74, 6) is -2.85. The number of amides is 1. The molecule has 0 bridgehead atoms. The highest BCUT2D eigenvalue weighted by atomic mass is 35.5. The Balaban J connectivity index is 2.24. The molecule has 0 aromatic heterocycles. The molecule has 1 amide bonds. The van der Waals surface area contributed by atoms with E-state index in [4.69, 9.17) is 16.3 Å². The fourth-order valence-electron chi connectivity index (χ4n) is 3.10. The molecule has 9 heteroatoms. The summed E-state index contributed by atoms with van der Waals surface area (Å²) in [6, 6.07) is 12.0. The average molecular weight is 481 g/mol. The molecule has 1 N–H and O–H groups in total. The number of nitrogens with zero attached hydrogens (tertiary/aromatic N) is 1. The second-order valence-electron chi connectivity index (χ2n) is 8.49. The molecule has 0 aliphatic heterocycles. The number of nitrogens with one attached hydrogen (secondary N) is 1. The van der Waals surface area contributed by atoms with Crippen molar-refractivity contribution in [2.75, 3.05) is 5.32 Å². The number of benzene rings is 2. The summed E-state index contributed by atoms with van der Waals surface area (Å²) in [5, 5.41) is 12.2. The lowest BCUT2D eigenvalue weighted by molar-refractivity contribution is -0.154. The maximum atomic E-state index is 13.2. The zero-order chi connectivity index (χ0) is 24.8. The number of aryl methyl sites for hydroxylation is 1. The minimum absolute atomic E-state index is 0.0675. The summed E-state index contributed by atoms with van der Waals surface area (Å²) in [7, 11) is 0. The van der Waals surface area contributed by atoms with Crippen LogP contribution in [0.4, 0.5) is 18.9 Å². The Morgan fingerprint density at radius 1 is 1.12 bits per heavy atom. The van der Waals surface area contributed by atoms with Gasteiger partial charge in [-0.15, -0.1) is 0 Å². The third-order valence-corrected chi connectivity index (χ3v) is 4.78. The molecule has 1 atom stereocenters. The summed E-state index contributed by atoms with van der Waals surface area (Å²) in [6.45, 7) is 5.24. The molecule has 0 fully saturated rings. The van der Waals surface area contributed by atoms with Gasteiger partial charge < -0.3 is 10.1 Å². The lowest BCUT2D eigenvalue weighted by Crippen LogP contribution is -2.26. The molecule has 176 valence electrons. The van der Waals surface area contributed by atoms with E-state index in [1.54, 1.807) is 26.8 Å². The molecule has 33 heavy (non-hydrogen) atoms. The van der Waals surface area contributed by atoms with E-state index in [2.05, 4.69) is 5.32 Å². The summed E-state index contributed by atoms with van der Waals surface area (Å²) < 4.78 is 44.8. The van der Waals surface area contributed by atoms with E-state index >= 15 is 0 Å². The number of hydrogen-bond donors (Lipinski definition) is 1. The quantitative estimate of drug-likeness (QED) is 0.481. The van der Waals surface area contributed by atoms with E-state index in [1.807, 2.05) is 6.07 Å². The Bertz CT molecular complexity index is 1040. The molecule has 2 rings (SSSR count). The molecule has 2 aromatic carbocycles. The fourth-order valence-corrected chi connectivity index (χ4v) is 3.22. The minimum atomic E-state index is -4.59. The van der Waals surface area contributed by atoms with Gasteiger partial charge in [-0.2, -0.15) is 18.4 Å². The van der Waals surface area contributed by atoms with Gasteiger partial charge in [0.1, 0.15) is 11.7 Å². The molecule has 0 unspecified atom stereocenters. The van der Waals surface area contributed by atoms with Crippen molar-refractivity contribution in [1.29, 1.82) is 5.26 Å². The Labute approximate surface area is 195 Å². The van der Waals surface area contributed by atoms with E-state index < -0.39 is 36.0 Å². The van der Waals surface area contributed by atoms with Crippen LogP contribution in [-0.2, 0) is 20.7 Å². The van der Waals surface area contributed by atoms with Gasteiger partial charge in [-0.1, -0.05) is 29.8 Å². The number of carbonyl (C=O) groups is 2. The highest BCUT2D eigenvalue weighted by Crippen LogP contribution is 2.33. The molecule has 0 aliphatic rings. The predicted molar refractivity (Wildman–Crippen MR) is 119 cm³/mol. The zero-order valence-corrected chi connectivity index (χ0v) is 19.2. The average Bonchev–Trinajstić information content (AvgIpc) is 2.69. The van der Waals surface area contributed by atoms with E-state index in [9.17, 15) is 28.0 Å². The SMILES string of the molecule is CC(C)(C)OC(=O)CCc1ccc(C#N)c(NC(=O)[C@@H](CC(F)(F)F)c2ccc(Cl)cc2)c1.